The minimum atomic E-state index is -3.98. The molecule has 6 aromatic rings. The van der Waals surface area contributed by atoms with Gasteiger partial charge in [0, 0.05) is 98.6 Å². The molecule has 3 N–H and O–H groups in total. The second-order valence-electron chi connectivity index (χ2n) is 16.3. The Kier molecular flexibility index (Phi) is 18.2. The van der Waals surface area contributed by atoms with Gasteiger partial charge in [-0.3, -0.25) is 4.90 Å². The molecule has 0 bridgehead atoms. The highest BCUT2D eigenvalue weighted by atomic mass is 32.2. The first-order valence-electron chi connectivity index (χ1n) is 22.0. The summed E-state index contributed by atoms with van der Waals surface area (Å²) in [6, 6.07) is 40.3. The zero-order valence-electron chi connectivity index (χ0n) is 39.7. The van der Waals surface area contributed by atoms with Crippen molar-refractivity contribution in [3.8, 4) is 0 Å². The number of nitrogens with zero attached hydrogens (tertiary/aromatic N) is 10. The normalized spacial score (nSPS) is 12.4. The Bertz CT molecular complexity index is 2730. The number of hydrogen-bond acceptors (Lipinski definition) is 16. The quantitative estimate of drug-likeness (QED) is 0.0489. The summed E-state index contributed by atoms with van der Waals surface area (Å²) in [4.78, 5) is 7.66. The van der Waals surface area contributed by atoms with Gasteiger partial charge >= 0.3 is 0 Å². The van der Waals surface area contributed by atoms with Crippen molar-refractivity contribution >= 4 is 81.3 Å². The molecule has 0 unspecified atom stereocenters. The van der Waals surface area contributed by atoms with Crippen LogP contribution in [-0.2, 0) is 30.1 Å². The lowest BCUT2D eigenvalue weighted by molar-refractivity contribution is 0.287. The van der Waals surface area contributed by atoms with E-state index in [1.165, 1.54) is 36.4 Å². The van der Waals surface area contributed by atoms with Gasteiger partial charge in [0.15, 0.2) is 0 Å². The molecular weight excluding hydrogens is 951 g/mol. The van der Waals surface area contributed by atoms with E-state index in [0.717, 1.165) is 17.1 Å². The molecule has 368 valence electrons. The van der Waals surface area contributed by atoms with Crippen molar-refractivity contribution in [3.63, 3.8) is 0 Å². The van der Waals surface area contributed by atoms with Gasteiger partial charge in [-0.05, 0) is 146 Å². The summed E-state index contributed by atoms with van der Waals surface area (Å²) in [5.41, 5.74) is 6.33. The van der Waals surface area contributed by atoms with Crippen molar-refractivity contribution in [3.05, 3.63) is 146 Å². The van der Waals surface area contributed by atoms with Crippen molar-refractivity contribution in [2.45, 2.75) is 14.7 Å². The maximum absolute atomic E-state index is 13.3. The molecule has 0 heterocycles. The molecule has 0 aliphatic heterocycles. The van der Waals surface area contributed by atoms with E-state index < -0.39 is 30.1 Å². The van der Waals surface area contributed by atoms with E-state index in [4.69, 9.17) is 0 Å². The Hall–Kier alpha value is -6.79. The van der Waals surface area contributed by atoms with Gasteiger partial charge < -0.3 is 14.7 Å². The van der Waals surface area contributed by atoms with E-state index in [0.29, 0.717) is 34.1 Å². The summed E-state index contributed by atoms with van der Waals surface area (Å²) in [5, 5.41) is 25.4. The molecule has 19 nitrogen and oxygen atoms in total. The lowest BCUT2D eigenvalue weighted by atomic mass is 10.3. The molecule has 0 spiro atoms. The molecular formula is C48H57N13O6S3. The van der Waals surface area contributed by atoms with Crippen LogP contribution in [0.5, 0.6) is 0 Å². The number of benzene rings is 6. The molecule has 0 aliphatic rings. The van der Waals surface area contributed by atoms with Crippen LogP contribution >= 0.6 is 0 Å². The number of hydrogen-bond donors (Lipinski definition) is 3. The van der Waals surface area contributed by atoms with E-state index in [1.54, 1.807) is 41.3 Å². The number of sulfonamides is 3. The van der Waals surface area contributed by atoms with Crippen LogP contribution < -0.4 is 28.9 Å². The van der Waals surface area contributed by atoms with Crippen molar-refractivity contribution in [2.24, 2.45) is 30.7 Å². The molecule has 6 aromatic carbocycles. The van der Waals surface area contributed by atoms with Gasteiger partial charge in [0.25, 0.3) is 0 Å². The Labute approximate surface area is 410 Å². The average molecular weight is 1010 g/mol. The number of rotatable bonds is 24. The molecule has 0 aliphatic carbocycles. The Morgan fingerprint density at radius 3 is 0.686 bits per heavy atom. The Balaban J connectivity index is 1.06. The van der Waals surface area contributed by atoms with Gasteiger partial charge in [-0.15, -0.1) is 0 Å². The molecule has 6 rings (SSSR count). The highest BCUT2D eigenvalue weighted by molar-refractivity contribution is 7.90. The fourth-order valence-electron chi connectivity index (χ4n) is 6.47. The summed E-state index contributed by atoms with van der Waals surface area (Å²) in [6.45, 7) is 0.109. The largest absolute Gasteiger partial charge is 0.378 e. The highest BCUT2D eigenvalue weighted by Crippen LogP contribution is 2.26. The predicted octanol–water partition coefficient (Wildman–Crippen LogP) is 8.67. The summed E-state index contributed by atoms with van der Waals surface area (Å²) >= 11 is 0. The SMILES string of the molecule is CN(C)c1ccc(N=Nc2ccc(S(=O)(=O)NCCN(CCNS(=O)(=O)c3ccc(N=Nc4ccc(N(C)C)cc4)cc3)CCNS(=O)(=O)c3ccc(N=Nc4ccc(N(C)C)cc4)cc3)cc2)cc1. The molecule has 0 aromatic heterocycles. The third kappa shape index (κ3) is 15.6. The van der Waals surface area contributed by atoms with Crippen LogP contribution in [0.1, 0.15) is 0 Å². The van der Waals surface area contributed by atoms with E-state index in [2.05, 4.69) is 44.9 Å². The van der Waals surface area contributed by atoms with E-state index >= 15 is 0 Å². The van der Waals surface area contributed by atoms with Crippen LogP contribution in [0.3, 0.4) is 0 Å². The fraction of sp³-hybridized carbons (Fsp3) is 0.250. The van der Waals surface area contributed by atoms with Gasteiger partial charge in [-0.25, -0.2) is 39.4 Å². The van der Waals surface area contributed by atoms with Crippen molar-refractivity contribution in [2.75, 3.05) is 96.3 Å². The standard InChI is InChI=1S/C48H57N13O6S3/c1-58(2)43-19-7-37(8-20-43)52-55-40-13-25-46(26-14-40)68(62,63)49-31-34-61(35-32-50-69(64,65)47-27-15-41(16-28-47)56-53-38-9-21-44(22-10-38)59(3)4)36-33-51-70(66,67)48-29-17-42(18-30-48)57-54-39-11-23-45(24-12-39)60(5)6/h7-30,49-51H,31-36H2,1-6H3. The first kappa shape index (κ1) is 52.6. The van der Waals surface area contributed by atoms with Crippen LogP contribution in [-0.4, -0.2) is 112 Å². The fourth-order valence-corrected chi connectivity index (χ4v) is 9.54. The van der Waals surface area contributed by atoms with Gasteiger partial charge in [0.1, 0.15) is 0 Å². The maximum Gasteiger partial charge on any atom is 0.240 e. The van der Waals surface area contributed by atoms with E-state index in [-0.39, 0.29) is 54.0 Å². The summed E-state index contributed by atoms with van der Waals surface area (Å²) in [7, 11) is -0.301. The van der Waals surface area contributed by atoms with Gasteiger partial charge in [0.2, 0.25) is 30.1 Å². The monoisotopic (exact) mass is 1010 g/mol. The van der Waals surface area contributed by atoms with E-state index in [9.17, 15) is 25.3 Å². The maximum atomic E-state index is 13.3. The lowest BCUT2D eigenvalue weighted by Crippen LogP contribution is -2.43. The minimum absolute atomic E-state index is 0.00570. The summed E-state index contributed by atoms with van der Waals surface area (Å²) in [5.74, 6) is 0. The van der Waals surface area contributed by atoms with Crippen molar-refractivity contribution in [1.82, 2.24) is 19.1 Å². The predicted molar refractivity (Wildman–Crippen MR) is 276 cm³/mol. The van der Waals surface area contributed by atoms with E-state index in [1.807, 2.05) is 130 Å². The summed E-state index contributed by atoms with van der Waals surface area (Å²) < 4.78 is 87.8. The average Bonchev–Trinajstić information content (AvgIpc) is 3.35. The number of azo groups is 3. The Morgan fingerprint density at radius 2 is 0.500 bits per heavy atom. The zero-order chi connectivity index (χ0) is 50.3. The molecule has 70 heavy (non-hydrogen) atoms. The lowest BCUT2D eigenvalue weighted by Gasteiger charge is -2.23. The topological polar surface area (TPSA) is 226 Å². The second-order valence-corrected chi connectivity index (χ2v) is 21.7. The highest BCUT2D eigenvalue weighted by Gasteiger charge is 2.19. The molecule has 0 radical (unpaired) electrons. The van der Waals surface area contributed by atoms with Crippen LogP contribution in [0, 0.1) is 0 Å². The second kappa shape index (κ2) is 24.2. The van der Waals surface area contributed by atoms with Crippen molar-refractivity contribution < 1.29 is 25.3 Å². The zero-order valence-corrected chi connectivity index (χ0v) is 42.2. The van der Waals surface area contributed by atoms with Gasteiger partial charge in [-0.1, -0.05) is 0 Å². The van der Waals surface area contributed by atoms with Gasteiger partial charge in [-0.2, -0.15) is 30.7 Å². The molecule has 0 atom stereocenters. The first-order chi connectivity index (χ1) is 33.4. The smallest absolute Gasteiger partial charge is 0.240 e. The van der Waals surface area contributed by atoms with Crippen LogP contribution in [0.4, 0.5) is 51.2 Å². The minimum Gasteiger partial charge on any atom is -0.378 e. The molecule has 0 fully saturated rings. The van der Waals surface area contributed by atoms with Crippen molar-refractivity contribution in [1.29, 1.82) is 0 Å². The summed E-state index contributed by atoms with van der Waals surface area (Å²) in [6.07, 6.45) is 0. The van der Waals surface area contributed by atoms with Gasteiger partial charge in [0.05, 0.1) is 48.8 Å². The number of anilines is 3. The molecule has 22 heteroatoms. The Morgan fingerprint density at radius 1 is 0.314 bits per heavy atom. The third-order valence-corrected chi connectivity index (χ3v) is 15.0. The van der Waals surface area contributed by atoms with Crippen LogP contribution in [0.15, 0.2) is 191 Å². The first-order valence-corrected chi connectivity index (χ1v) is 26.4. The molecule has 0 amide bonds. The molecule has 0 saturated heterocycles. The third-order valence-electron chi connectivity index (χ3n) is 10.5. The number of nitrogens with one attached hydrogen (secondary N) is 3. The van der Waals surface area contributed by atoms with Crippen LogP contribution in [0.25, 0.3) is 0 Å². The molecule has 0 saturated carbocycles. The van der Waals surface area contributed by atoms with Crippen LogP contribution in [0.2, 0.25) is 0 Å².